The molecule has 0 aliphatic heterocycles. The lowest BCUT2D eigenvalue weighted by Crippen LogP contribution is -1.94. The van der Waals surface area contributed by atoms with Crippen LogP contribution in [0, 0.1) is 0 Å². The average molecular weight is 434 g/mol. The minimum absolute atomic E-state index is 0.915. The molecule has 0 spiro atoms. The third kappa shape index (κ3) is 2.28. The molecule has 0 radical (unpaired) electrons. The Morgan fingerprint density at radius 2 is 1.38 bits per heavy atom. The summed E-state index contributed by atoms with van der Waals surface area (Å²) in [5.74, 6) is 0. The molecule has 3 nitrogen and oxygen atoms in total. The molecule has 158 valence electrons. The van der Waals surface area contributed by atoms with Crippen LogP contribution in [0.15, 0.2) is 114 Å². The molecule has 0 aliphatic rings. The Balaban J connectivity index is 1.54. The van der Waals surface area contributed by atoms with Crippen molar-refractivity contribution < 1.29 is 4.42 Å². The van der Waals surface area contributed by atoms with E-state index in [4.69, 9.17) is 4.42 Å². The molecule has 3 aromatic heterocycles. The van der Waals surface area contributed by atoms with E-state index < -0.39 is 0 Å². The lowest BCUT2D eigenvalue weighted by Gasteiger charge is -2.10. The van der Waals surface area contributed by atoms with Gasteiger partial charge in [-0.2, -0.15) is 0 Å². The van der Waals surface area contributed by atoms with Gasteiger partial charge >= 0.3 is 0 Å². The fourth-order valence-corrected chi connectivity index (χ4v) is 5.50. The van der Waals surface area contributed by atoms with Crippen molar-refractivity contribution >= 4 is 65.4 Å². The number of fused-ring (bicyclic) bond motifs is 10. The van der Waals surface area contributed by atoms with Crippen molar-refractivity contribution in [3.63, 3.8) is 0 Å². The second kappa shape index (κ2) is 6.46. The van der Waals surface area contributed by atoms with Gasteiger partial charge in [-0.1, -0.05) is 66.7 Å². The van der Waals surface area contributed by atoms with Gasteiger partial charge in [0, 0.05) is 44.2 Å². The minimum Gasteiger partial charge on any atom is -0.454 e. The second-order valence-electron chi connectivity index (χ2n) is 8.84. The van der Waals surface area contributed by atoms with Gasteiger partial charge in [-0.05, 0) is 41.8 Å². The zero-order valence-electron chi connectivity index (χ0n) is 18.2. The summed E-state index contributed by atoms with van der Waals surface area (Å²) in [6.07, 6.45) is 1.86. The standard InChI is InChI=1S/C31H18N2O/c1-3-9-27-23(7-1)25-15-16-26-24-8-2-4-10-28(24)34-31(26)30(25)33(27)21-13-14-22-20(18-21)12-11-19-6-5-17-32-29(19)22/h1-18H. The SMILES string of the molecule is c1cnc2c(c1)ccc1cc(-n3c4ccccc4c4ccc5c6ccccc6oc5c43)ccc12. The maximum atomic E-state index is 6.47. The molecular weight excluding hydrogens is 416 g/mol. The number of nitrogens with zero attached hydrogens (tertiary/aromatic N) is 2. The summed E-state index contributed by atoms with van der Waals surface area (Å²) in [6.45, 7) is 0. The van der Waals surface area contributed by atoms with Crippen LogP contribution in [0.5, 0.6) is 0 Å². The fourth-order valence-electron chi connectivity index (χ4n) is 5.50. The zero-order valence-corrected chi connectivity index (χ0v) is 18.2. The number of hydrogen-bond donors (Lipinski definition) is 0. The Hall–Kier alpha value is -4.63. The summed E-state index contributed by atoms with van der Waals surface area (Å²) in [4.78, 5) is 4.65. The van der Waals surface area contributed by atoms with E-state index in [-0.39, 0.29) is 0 Å². The lowest BCUT2D eigenvalue weighted by atomic mass is 10.1. The van der Waals surface area contributed by atoms with Crippen LogP contribution in [0.3, 0.4) is 0 Å². The van der Waals surface area contributed by atoms with E-state index in [1.807, 2.05) is 24.4 Å². The number of hydrogen-bond acceptors (Lipinski definition) is 2. The van der Waals surface area contributed by atoms with Crippen LogP contribution < -0.4 is 0 Å². The molecule has 0 atom stereocenters. The highest BCUT2D eigenvalue weighted by Crippen LogP contribution is 2.40. The fraction of sp³-hybridized carbons (Fsp3) is 0. The summed E-state index contributed by atoms with van der Waals surface area (Å²) in [6, 6.07) is 36.4. The van der Waals surface area contributed by atoms with Crippen LogP contribution >= 0.6 is 0 Å². The summed E-state index contributed by atoms with van der Waals surface area (Å²) in [5, 5.41) is 8.20. The van der Waals surface area contributed by atoms with Crippen molar-refractivity contribution in [2.45, 2.75) is 0 Å². The van der Waals surface area contributed by atoms with Crippen molar-refractivity contribution in [2.75, 3.05) is 0 Å². The van der Waals surface area contributed by atoms with E-state index >= 15 is 0 Å². The molecule has 8 aromatic rings. The maximum Gasteiger partial charge on any atom is 0.160 e. The number of para-hydroxylation sites is 2. The number of benzene rings is 5. The normalized spacial score (nSPS) is 12.1. The second-order valence-corrected chi connectivity index (χ2v) is 8.84. The molecule has 0 fully saturated rings. The van der Waals surface area contributed by atoms with Gasteiger partial charge in [0.05, 0.1) is 16.6 Å². The van der Waals surface area contributed by atoms with E-state index in [0.717, 1.165) is 49.4 Å². The molecular formula is C31H18N2O. The predicted molar refractivity (Wildman–Crippen MR) is 141 cm³/mol. The average Bonchev–Trinajstić information content (AvgIpc) is 3.44. The molecule has 0 amide bonds. The molecule has 0 saturated heterocycles. The Labute approximate surface area is 194 Å². The first kappa shape index (κ1) is 17.9. The number of rotatable bonds is 1. The lowest BCUT2D eigenvalue weighted by molar-refractivity contribution is 0.671. The van der Waals surface area contributed by atoms with Crippen LogP contribution in [0.4, 0.5) is 0 Å². The monoisotopic (exact) mass is 434 g/mol. The van der Waals surface area contributed by atoms with E-state index in [2.05, 4.69) is 94.5 Å². The van der Waals surface area contributed by atoms with Gasteiger partial charge < -0.3 is 8.98 Å². The molecule has 3 heterocycles. The summed E-state index contributed by atoms with van der Waals surface area (Å²) < 4.78 is 8.82. The van der Waals surface area contributed by atoms with Crippen molar-refractivity contribution in [3.8, 4) is 5.69 Å². The Morgan fingerprint density at radius 3 is 2.35 bits per heavy atom. The van der Waals surface area contributed by atoms with Crippen molar-refractivity contribution in [3.05, 3.63) is 109 Å². The van der Waals surface area contributed by atoms with E-state index in [1.165, 1.54) is 21.7 Å². The summed E-state index contributed by atoms with van der Waals surface area (Å²) in [7, 11) is 0. The zero-order chi connectivity index (χ0) is 22.2. The van der Waals surface area contributed by atoms with Gasteiger partial charge in [-0.3, -0.25) is 4.98 Å². The first-order chi connectivity index (χ1) is 16.9. The number of pyridine rings is 1. The highest BCUT2D eigenvalue weighted by Gasteiger charge is 2.18. The van der Waals surface area contributed by atoms with Crippen LogP contribution in [-0.4, -0.2) is 9.55 Å². The van der Waals surface area contributed by atoms with Gasteiger partial charge in [-0.25, -0.2) is 0 Å². The minimum atomic E-state index is 0.915. The van der Waals surface area contributed by atoms with Gasteiger partial charge in [0.15, 0.2) is 5.58 Å². The van der Waals surface area contributed by atoms with Crippen LogP contribution in [0.1, 0.15) is 0 Å². The molecule has 0 bridgehead atoms. The van der Waals surface area contributed by atoms with E-state index in [9.17, 15) is 0 Å². The molecule has 3 heteroatoms. The molecule has 0 aliphatic carbocycles. The first-order valence-corrected chi connectivity index (χ1v) is 11.5. The van der Waals surface area contributed by atoms with Crippen LogP contribution in [0.25, 0.3) is 71.1 Å². The third-order valence-corrected chi connectivity index (χ3v) is 7.01. The van der Waals surface area contributed by atoms with Gasteiger partial charge in [0.2, 0.25) is 0 Å². The molecule has 0 saturated carbocycles. The quantitative estimate of drug-likeness (QED) is 0.243. The smallest absolute Gasteiger partial charge is 0.160 e. The third-order valence-electron chi connectivity index (χ3n) is 7.01. The van der Waals surface area contributed by atoms with Gasteiger partial charge in [0.1, 0.15) is 5.58 Å². The highest BCUT2D eigenvalue weighted by atomic mass is 16.3. The van der Waals surface area contributed by atoms with Crippen LogP contribution in [0.2, 0.25) is 0 Å². The van der Waals surface area contributed by atoms with Crippen LogP contribution in [-0.2, 0) is 0 Å². The van der Waals surface area contributed by atoms with Gasteiger partial charge in [0.25, 0.3) is 0 Å². The summed E-state index contributed by atoms with van der Waals surface area (Å²) >= 11 is 0. The molecule has 0 N–H and O–H groups in total. The van der Waals surface area contributed by atoms with E-state index in [0.29, 0.717) is 0 Å². The molecule has 5 aromatic carbocycles. The Bertz CT molecular complexity index is 2080. The topological polar surface area (TPSA) is 31.0 Å². The predicted octanol–water partition coefficient (Wildman–Crippen LogP) is 8.38. The number of furan rings is 1. The number of aromatic nitrogens is 2. The Morgan fingerprint density at radius 1 is 0.588 bits per heavy atom. The molecule has 8 rings (SSSR count). The van der Waals surface area contributed by atoms with Crippen molar-refractivity contribution in [1.82, 2.24) is 9.55 Å². The van der Waals surface area contributed by atoms with E-state index in [1.54, 1.807) is 0 Å². The highest BCUT2D eigenvalue weighted by molar-refractivity contribution is 6.21. The largest absolute Gasteiger partial charge is 0.454 e. The van der Waals surface area contributed by atoms with Crippen molar-refractivity contribution in [2.24, 2.45) is 0 Å². The Kier molecular flexibility index (Phi) is 3.39. The molecule has 34 heavy (non-hydrogen) atoms. The summed E-state index contributed by atoms with van der Waals surface area (Å²) in [5.41, 5.74) is 6.26. The van der Waals surface area contributed by atoms with Crippen molar-refractivity contribution in [1.29, 1.82) is 0 Å². The van der Waals surface area contributed by atoms with Gasteiger partial charge in [-0.15, -0.1) is 0 Å². The first-order valence-electron chi connectivity index (χ1n) is 11.5. The maximum absolute atomic E-state index is 6.47. The molecule has 0 unspecified atom stereocenters.